The van der Waals surface area contributed by atoms with Gasteiger partial charge in [-0.25, -0.2) is 0 Å². The number of carbonyl (C=O) groups excluding carboxylic acids is 1. The molecule has 0 radical (unpaired) electrons. The first-order valence-corrected chi connectivity index (χ1v) is 9.49. The van der Waals surface area contributed by atoms with Gasteiger partial charge in [-0.15, -0.1) is 0 Å². The van der Waals surface area contributed by atoms with Gasteiger partial charge in [-0.2, -0.15) is 0 Å². The largest absolute Gasteiger partial charge is 0.399 e. The Labute approximate surface area is 160 Å². The third kappa shape index (κ3) is 2.80. The van der Waals surface area contributed by atoms with Crippen LogP contribution in [0.5, 0.6) is 0 Å². The van der Waals surface area contributed by atoms with Crippen LogP contribution >= 0.6 is 0 Å². The van der Waals surface area contributed by atoms with Crippen LogP contribution < -0.4 is 11.1 Å². The summed E-state index contributed by atoms with van der Waals surface area (Å²) in [6.45, 7) is 2.63. The number of nitrogen functional groups attached to an aromatic ring is 1. The van der Waals surface area contributed by atoms with Crippen LogP contribution in [-0.2, 0) is 16.8 Å². The van der Waals surface area contributed by atoms with Gasteiger partial charge in [0, 0.05) is 12.2 Å². The topological polar surface area (TPSA) is 55.1 Å². The molecule has 0 atom stereocenters. The first-order valence-electron chi connectivity index (χ1n) is 9.49. The van der Waals surface area contributed by atoms with Crippen LogP contribution in [0.2, 0.25) is 0 Å². The molecule has 4 rings (SSSR count). The number of rotatable bonds is 5. The van der Waals surface area contributed by atoms with E-state index in [2.05, 4.69) is 36.5 Å². The summed E-state index contributed by atoms with van der Waals surface area (Å²) in [5, 5.41) is 3.19. The van der Waals surface area contributed by atoms with Gasteiger partial charge in [0.05, 0.1) is 0 Å². The number of nitrogens with one attached hydrogen (secondary N) is 1. The molecule has 3 nitrogen and oxygen atoms in total. The quantitative estimate of drug-likeness (QED) is 0.654. The smallest absolute Gasteiger partial charge is 0.235 e. The van der Waals surface area contributed by atoms with E-state index in [9.17, 15) is 4.79 Å². The molecule has 3 heteroatoms. The lowest BCUT2D eigenvalue weighted by atomic mass is 9.73. The number of anilines is 1. The summed E-state index contributed by atoms with van der Waals surface area (Å²) in [6.07, 6.45) is 1.71. The fourth-order valence-corrected chi connectivity index (χ4v) is 4.30. The van der Waals surface area contributed by atoms with E-state index < -0.39 is 5.41 Å². The molecule has 0 unspecified atom stereocenters. The molecule has 136 valence electrons. The maximum atomic E-state index is 13.6. The summed E-state index contributed by atoms with van der Waals surface area (Å²) in [4.78, 5) is 13.6. The number of hydrogen-bond donors (Lipinski definition) is 2. The number of nitrogens with two attached hydrogens (primary N) is 1. The van der Waals surface area contributed by atoms with Crippen molar-refractivity contribution in [1.29, 1.82) is 0 Å². The average Bonchev–Trinajstić information content (AvgIpc) is 2.99. The maximum Gasteiger partial charge on any atom is 0.235 e. The fraction of sp³-hybridized carbons (Fsp3) is 0.208. The van der Waals surface area contributed by atoms with E-state index in [1.165, 1.54) is 11.1 Å². The molecule has 3 N–H and O–H groups in total. The molecule has 1 aliphatic rings. The SMILES string of the molecule is CCCC1(C(=O)NCc2ccc(N)cc2)c2ccccc2-c2ccccc21. The zero-order chi connectivity index (χ0) is 18.9. The standard InChI is InChI=1S/C24H24N2O/c1-2-15-24(23(27)26-16-17-11-13-18(25)14-12-17)21-9-5-3-7-19(21)20-8-4-6-10-22(20)24/h3-14H,2,15-16,25H2,1H3,(H,26,27). The minimum atomic E-state index is -0.629. The Morgan fingerprint density at radius 2 is 1.44 bits per heavy atom. The minimum absolute atomic E-state index is 0.0681. The van der Waals surface area contributed by atoms with Gasteiger partial charge >= 0.3 is 0 Å². The van der Waals surface area contributed by atoms with Gasteiger partial charge in [-0.1, -0.05) is 74.0 Å². The molecule has 0 heterocycles. The highest BCUT2D eigenvalue weighted by atomic mass is 16.2. The van der Waals surface area contributed by atoms with Crippen LogP contribution in [0.1, 0.15) is 36.5 Å². The van der Waals surface area contributed by atoms with Gasteiger partial charge in [-0.3, -0.25) is 4.79 Å². The van der Waals surface area contributed by atoms with Crippen molar-refractivity contribution in [2.75, 3.05) is 5.73 Å². The van der Waals surface area contributed by atoms with Gasteiger partial charge < -0.3 is 11.1 Å². The number of amides is 1. The number of hydrogen-bond acceptors (Lipinski definition) is 2. The molecule has 1 amide bonds. The maximum absolute atomic E-state index is 13.6. The molecular weight excluding hydrogens is 332 g/mol. The van der Waals surface area contributed by atoms with Gasteiger partial charge in [-0.05, 0) is 46.4 Å². The predicted octanol–water partition coefficient (Wildman–Crippen LogP) is 4.65. The Morgan fingerprint density at radius 3 is 2.00 bits per heavy atom. The van der Waals surface area contributed by atoms with Crippen molar-refractivity contribution in [2.24, 2.45) is 0 Å². The fourth-order valence-electron chi connectivity index (χ4n) is 4.30. The molecule has 0 aromatic heterocycles. The van der Waals surface area contributed by atoms with Crippen molar-refractivity contribution < 1.29 is 4.79 Å². The first-order chi connectivity index (χ1) is 13.2. The van der Waals surface area contributed by atoms with E-state index in [1.54, 1.807) is 0 Å². The van der Waals surface area contributed by atoms with E-state index in [1.807, 2.05) is 48.5 Å². The van der Waals surface area contributed by atoms with E-state index in [0.29, 0.717) is 6.54 Å². The van der Waals surface area contributed by atoms with Gasteiger partial charge in [0.1, 0.15) is 5.41 Å². The molecule has 0 saturated carbocycles. The van der Waals surface area contributed by atoms with Crippen LogP contribution in [-0.4, -0.2) is 5.91 Å². The third-order valence-corrected chi connectivity index (χ3v) is 5.51. The lowest BCUT2D eigenvalue weighted by Crippen LogP contribution is -2.43. The van der Waals surface area contributed by atoms with Crippen molar-refractivity contribution in [3.63, 3.8) is 0 Å². The summed E-state index contributed by atoms with van der Waals surface area (Å²) in [7, 11) is 0. The molecular formula is C24H24N2O. The lowest BCUT2D eigenvalue weighted by molar-refractivity contribution is -0.125. The van der Waals surface area contributed by atoms with Crippen molar-refractivity contribution in [3.05, 3.63) is 89.5 Å². The van der Waals surface area contributed by atoms with Crippen LogP contribution in [0.3, 0.4) is 0 Å². The van der Waals surface area contributed by atoms with Crippen molar-refractivity contribution in [1.82, 2.24) is 5.32 Å². The third-order valence-electron chi connectivity index (χ3n) is 5.51. The molecule has 0 fully saturated rings. The average molecular weight is 356 g/mol. The highest BCUT2D eigenvalue weighted by Gasteiger charge is 2.47. The lowest BCUT2D eigenvalue weighted by Gasteiger charge is -2.30. The number of carbonyl (C=O) groups is 1. The van der Waals surface area contributed by atoms with Gasteiger partial charge in [0.25, 0.3) is 0 Å². The molecule has 0 saturated heterocycles. The minimum Gasteiger partial charge on any atom is -0.399 e. The normalized spacial score (nSPS) is 13.7. The molecule has 27 heavy (non-hydrogen) atoms. The van der Waals surface area contributed by atoms with Crippen LogP contribution in [0.25, 0.3) is 11.1 Å². The molecule has 0 spiro atoms. The van der Waals surface area contributed by atoms with Crippen molar-refractivity contribution in [3.8, 4) is 11.1 Å². The summed E-state index contributed by atoms with van der Waals surface area (Å²) in [6, 6.07) is 24.3. The summed E-state index contributed by atoms with van der Waals surface area (Å²) >= 11 is 0. The Kier molecular flexibility index (Phi) is 4.44. The summed E-state index contributed by atoms with van der Waals surface area (Å²) < 4.78 is 0. The van der Waals surface area contributed by atoms with Gasteiger partial charge in [0.2, 0.25) is 5.91 Å². The second-order valence-corrected chi connectivity index (χ2v) is 7.17. The van der Waals surface area contributed by atoms with Crippen molar-refractivity contribution in [2.45, 2.75) is 31.7 Å². The zero-order valence-electron chi connectivity index (χ0n) is 15.5. The molecule has 3 aromatic carbocycles. The van der Waals surface area contributed by atoms with E-state index in [4.69, 9.17) is 5.73 Å². The van der Waals surface area contributed by atoms with Crippen molar-refractivity contribution >= 4 is 11.6 Å². The number of benzene rings is 3. The molecule has 3 aromatic rings. The Bertz CT molecular complexity index is 930. The van der Waals surface area contributed by atoms with Gasteiger partial charge in [0.15, 0.2) is 0 Å². The Morgan fingerprint density at radius 1 is 0.889 bits per heavy atom. The molecule has 0 bridgehead atoms. The van der Waals surface area contributed by atoms with E-state index in [-0.39, 0.29) is 5.91 Å². The van der Waals surface area contributed by atoms with E-state index in [0.717, 1.165) is 35.2 Å². The molecule has 1 aliphatic carbocycles. The highest BCUT2D eigenvalue weighted by Crippen LogP contribution is 2.51. The highest BCUT2D eigenvalue weighted by molar-refractivity contribution is 6.00. The van der Waals surface area contributed by atoms with Crippen LogP contribution in [0, 0.1) is 0 Å². The second kappa shape index (κ2) is 6.92. The zero-order valence-corrected chi connectivity index (χ0v) is 15.5. The second-order valence-electron chi connectivity index (χ2n) is 7.17. The Balaban J connectivity index is 1.74. The van der Waals surface area contributed by atoms with Crippen LogP contribution in [0.4, 0.5) is 5.69 Å². The van der Waals surface area contributed by atoms with Crippen LogP contribution in [0.15, 0.2) is 72.8 Å². The summed E-state index contributed by atoms with van der Waals surface area (Å²) in [5.41, 5.74) is 11.5. The molecule has 0 aliphatic heterocycles. The first kappa shape index (κ1) is 17.3. The summed E-state index contributed by atoms with van der Waals surface area (Å²) in [5.74, 6) is 0.0681. The van der Waals surface area contributed by atoms with E-state index >= 15 is 0 Å². The number of fused-ring (bicyclic) bond motifs is 3. The monoisotopic (exact) mass is 356 g/mol. The predicted molar refractivity (Wildman–Crippen MR) is 110 cm³/mol. The Hall–Kier alpha value is -3.07.